The number of alkyl halides is 3. The topological polar surface area (TPSA) is 48.4 Å². The van der Waals surface area contributed by atoms with Crippen molar-refractivity contribution >= 4 is 11.4 Å². The zero-order valence-electron chi connectivity index (χ0n) is 14.7. The molecule has 1 saturated carbocycles. The third kappa shape index (κ3) is 4.80. The molecule has 1 aromatic heterocycles. The van der Waals surface area contributed by atoms with Crippen LogP contribution in [0.25, 0.3) is 5.57 Å². The molecule has 0 saturated heterocycles. The Bertz CT molecular complexity index is 682. The molecule has 4 nitrogen and oxygen atoms in total. The molecule has 26 heavy (non-hydrogen) atoms. The Morgan fingerprint density at radius 1 is 1.31 bits per heavy atom. The minimum atomic E-state index is -4.56. The molecule has 0 amide bonds. The second-order valence-electron chi connectivity index (χ2n) is 6.17. The van der Waals surface area contributed by atoms with Gasteiger partial charge in [-0.3, -0.25) is 4.79 Å². The zero-order chi connectivity index (χ0) is 19.3. The maximum Gasteiger partial charge on any atom is 0.433 e. The predicted octanol–water partition coefficient (Wildman–Crippen LogP) is 4.20. The number of rotatable bonds is 7. The van der Waals surface area contributed by atoms with Crippen LogP contribution < -0.4 is 0 Å². The molecule has 1 fully saturated rings. The Morgan fingerprint density at radius 3 is 2.65 bits per heavy atom. The molecule has 2 rings (SSSR count). The van der Waals surface area contributed by atoms with Gasteiger partial charge < -0.3 is 9.47 Å². The molecule has 0 aromatic carbocycles. The fourth-order valence-electron chi connectivity index (χ4n) is 2.97. The lowest BCUT2D eigenvalue weighted by molar-refractivity contribution is -0.141. The standard InChI is InChI=1S/C19H22F3NO3/c1-12-5-4-6-16(24)18(12)13(2)14-7-8-17(19(20,21)22)23-15(14)11-26-10-9-25-3/h7-8,18H,1-2,4-6,9-11H2,3H3. The fourth-order valence-corrected chi connectivity index (χ4v) is 2.97. The highest BCUT2D eigenvalue weighted by Crippen LogP contribution is 2.37. The number of allylic oxidation sites excluding steroid dienone is 2. The molecule has 1 heterocycles. The summed E-state index contributed by atoms with van der Waals surface area (Å²) in [7, 11) is 1.50. The van der Waals surface area contributed by atoms with E-state index in [2.05, 4.69) is 18.1 Å². The summed E-state index contributed by atoms with van der Waals surface area (Å²) in [6.45, 7) is 8.30. The highest BCUT2D eigenvalue weighted by molar-refractivity contribution is 5.96. The molecule has 0 radical (unpaired) electrons. The van der Waals surface area contributed by atoms with Gasteiger partial charge in [0, 0.05) is 19.1 Å². The number of pyridine rings is 1. The highest BCUT2D eigenvalue weighted by Gasteiger charge is 2.34. The SMILES string of the molecule is C=C1CCCC(=O)C1C(=C)c1ccc(C(F)(F)F)nc1COCCOC. The maximum absolute atomic E-state index is 13.0. The molecular formula is C19H22F3NO3. The minimum absolute atomic E-state index is 0.0163. The fraction of sp³-hybridized carbons (Fsp3) is 0.474. The molecular weight excluding hydrogens is 347 g/mol. The van der Waals surface area contributed by atoms with Crippen molar-refractivity contribution < 1.29 is 27.4 Å². The normalized spacial score (nSPS) is 18.2. The Balaban J connectivity index is 2.34. The van der Waals surface area contributed by atoms with Crippen LogP contribution in [0, 0.1) is 5.92 Å². The van der Waals surface area contributed by atoms with Crippen LogP contribution in [0.15, 0.2) is 30.9 Å². The van der Waals surface area contributed by atoms with Crippen LogP contribution in [0.1, 0.15) is 36.2 Å². The Kier molecular flexibility index (Phi) is 6.72. The van der Waals surface area contributed by atoms with Crippen molar-refractivity contribution in [3.8, 4) is 0 Å². The van der Waals surface area contributed by atoms with Crippen LogP contribution in [-0.4, -0.2) is 31.1 Å². The number of Topliss-reactive ketones (excluding diaryl/α,β-unsaturated/α-hetero) is 1. The summed E-state index contributed by atoms with van der Waals surface area (Å²) in [6, 6.07) is 2.21. The van der Waals surface area contributed by atoms with Gasteiger partial charge in [-0.2, -0.15) is 13.2 Å². The van der Waals surface area contributed by atoms with Gasteiger partial charge in [-0.15, -0.1) is 0 Å². The minimum Gasteiger partial charge on any atom is -0.382 e. The van der Waals surface area contributed by atoms with E-state index < -0.39 is 17.8 Å². The van der Waals surface area contributed by atoms with Gasteiger partial charge in [-0.25, -0.2) is 4.98 Å². The van der Waals surface area contributed by atoms with E-state index in [0.29, 0.717) is 30.6 Å². The van der Waals surface area contributed by atoms with E-state index in [1.807, 2.05) is 0 Å². The van der Waals surface area contributed by atoms with Gasteiger partial charge in [0.1, 0.15) is 11.5 Å². The molecule has 0 aliphatic heterocycles. The van der Waals surface area contributed by atoms with Crippen molar-refractivity contribution in [3.63, 3.8) is 0 Å². The summed E-state index contributed by atoms with van der Waals surface area (Å²) in [5, 5.41) is 0. The Labute approximate surface area is 150 Å². The second-order valence-corrected chi connectivity index (χ2v) is 6.17. The second kappa shape index (κ2) is 8.60. The number of nitrogens with zero attached hydrogens (tertiary/aromatic N) is 1. The third-order valence-electron chi connectivity index (χ3n) is 4.28. The number of aromatic nitrogens is 1. The van der Waals surface area contributed by atoms with E-state index in [1.165, 1.54) is 13.2 Å². The molecule has 0 spiro atoms. The lowest BCUT2D eigenvalue weighted by atomic mass is 9.77. The van der Waals surface area contributed by atoms with E-state index in [0.717, 1.165) is 18.1 Å². The summed E-state index contributed by atoms with van der Waals surface area (Å²) in [6.07, 6.45) is -2.72. The molecule has 1 aromatic rings. The van der Waals surface area contributed by atoms with E-state index in [-0.39, 0.29) is 24.7 Å². The van der Waals surface area contributed by atoms with Crippen molar-refractivity contribution in [2.75, 3.05) is 20.3 Å². The average molecular weight is 369 g/mol. The molecule has 1 aliphatic carbocycles. The number of carbonyl (C=O) groups is 1. The van der Waals surface area contributed by atoms with Crippen LogP contribution >= 0.6 is 0 Å². The summed E-state index contributed by atoms with van der Waals surface area (Å²) in [5.74, 6) is -0.600. The van der Waals surface area contributed by atoms with Gasteiger partial charge in [0.2, 0.25) is 0 Å². The van der Waals surface area contributed by atoms with Crippen molar-refractivity contribution in [1.29, 1.82) is 0 Å². The Hall–Kier alpha value is -1.99. The quantitative estimate of drug-likeness (QED) is 0.534. The summed E-state index contributed by atoms with van der Waals surface area (Å²) < 4.78 is 49.2. The highest BCUT2D eigenvalue weighted by atomic mass is 19.4. The number of carbonyl (C=O) groups excluding carboxylic acids is 1. The molecule has 0 N–H and O–H groups in total. The van der Waals surface area contributed by atoms with Crippen molar-refractivity contribution in [2.45, 2.75) is 32.0 Å². The molecule has 1 unspecified atom stereocenters. The van der Waals surface area contributed by atoms with Gasteiger partial charge in [0.25, 0.3) is 0 Å². The van der Waals surface area contributed by atoms with Crippen molar-refractivity contribution in [2.24, 2.45) is 5.92 Å². The number of methoxy groups -OCH3 is 1. The van der Waals surface area contributed by atoms with E-state index in [9.17, 15) is 18.0 Å². The molecule has 7 heteroatoms. The van der Waals surface area contributed by atoms with E-state index >= 15 is 0 Å². The molecule has 142 valence electrons. The number of hydrogen-bond acceptors (Lipinski definition) is 4. The average Bonchev–Trinajstić information content (AvgIpc) is 2.57. The van der Waals surface area contributed by atoms with Crippen LogP contribution in [0.3, 0.4) is 0 Å². The van der Waals surface area contributed by atoms with Gasteiger partial charge in [-0.05, 0) is 24.5 Å². The predicted molar refractivity (Wildman–Crippen MR) is 91.3 cm³/mol. The van der Waals surface area contributed by atoms with Crippen LogP contribution in [0.5, 0.6) is 0 Å². The first-order valence-corrected chi connectivity index (χ1v) is 8.29. The van der Waals surface area contributed by atoms with Gasteiger partial charge in [-0.1, -0.05) is 24.8 Å². The number of halogens is 3. The van der Waals surface area contributed by atoms with Crippen molar-refractivity contribution in [1.82, 2.24) is 4.98 Å². The largest absolute Gasteiger partial charge is 0.433 e. The number of ether oxygens (including phenoxy) is 2. The van der Waals surface area contributed by atoms with E-state index in [4.69, 9.17) is 9.47 Å². The van der Waals surface area contributed by atoms with Crippen LogP contribution in [0.4, 0.5) is 13.2 Å². The smallest absolute Gasteiger partial charge is 0.382 e. The monoisotopic (exact) mass is 369 g/mol. The third-order valence-corrected chi connectivity index (χ3v) is 4.28. The maximum atomic E-state index is 13.0. The van der Waals surface area contributed by atoms with Gasteiger partial charge in [0.15, 0.2) is 0 Å². The van der Waals surface area contributed by atoms with Gasteiger partial charge in [0.05, 0.1) is 31.4 Å². The first kappa shape index (κ1) is 20.3. The Morgan fingerprint density at radius 2 is 2.04 bits per heavy atom. The van der Waals surface area contributed by atoms with Gasteiger partial charge >= 0.3 is 6.18 Å². The molecule has 0 bridgehead atoms. The summed E-state index contributed by atoms with van der Waals surface area (Å²) >= 11 is 0. The van der Waals surface area contributed by atoms with E-state index in [1.54, 1.807) is 0 Å². The first-order chi connectivity index (χ1) is 12.3. The van der Waals surface area contributed by atoms with Crippen LogP contribution in [-0.2, 0) is 27.1 Å². The van der Waals surface area contributed by atoms with Crippen LogP contribution in [0.2, 0.25) is 0 Å². The molecule has 1 atom stereocenters. The summed E-state index contributed by atoms with van der Waals surface area (Å²) in [5.41, 5.74) is 0.653. The first-order valence-electron chi connectivity index (χ1n) is 8.29. The zero-order valence-corrected chi connectivity index (χ0v) is 14.7. The molecule has 1 aliphatic rings. The number of ketones is 1. The number of hydrogen-bond donors (Lipinski definition) is 0. The lowest BCUT2D eigenvalue weighted by Crippen LogP contribution is -2.23. The summed E-state index contributed by atoms with van der Waals surface area (Å²) in [4.78, 5) is 16.0. The van der Waals surface area contributed by atoms with Crippen molar-refractivity contribution in [3.05, 3.63) is 47.8 Å². The lowest BCUT2D eigenvalue weighted by Gasteiger charge is -2.26.